The van der Waals surface area contributed by atoms with Gasteiger partial charge in [-0.2, -0.15) is 0 Å². The van der Waals surface area contributed by atoms with E-state index in [1.165, 1.54) is 70.6 Å². The molecule has 0 aliphatic rings. The van der Waals surface area contributed by atoms with Crippen molar-refractivity contribution in [2.24, 2.45) is 0 Å². The summed E-state index contributed by atoms with van der Waals surface area (Å²) in [4.78, 5) is 0. The monoisotopic (exact) mass is 402 g/mol. The first-order chi connectivity index (χ1) is 13.1. The van der Waals surface area contributed by atoms with Crippen LogP contribution in [-0.2, 0) is 4.74 Å². The van der Waals surface area contributed by atoms with E-state index in [2.05, 4.69) is 13.8 Å². The highest BCUT2D eigenvalue weighted by molar-refractivity contribution is 4.57. The number of hydrogen-bond donors (Lipinski definition) is 0. The topological polar surface area (TPSA) is 55.3 Å². The molecule has 2 atom stereocenters. The minimum absolute atomic E-state index is 0.0711. The lowest BCUT2D eigenvalue weighted by atomic mass is 10.0. The highest BCUT2D eigenvalue weighted by Crippen LogP contribution is 2.18. The lowest BCUT2D eigenvalue weighted by molar-refractivity contribution is -0.902. The Hall–Kier alpha value is -0.200. The van der Waals surface area contributed by atoms with Gasteiger partial charge < -0.3 is 24.4 Å². The summed E-state index contributed by atoms with van der Waals surface area (Å²) in [6.45, 7) is 4.72. The highest BCUT2D eigenvalue weighted by Gasteiger charge is 2.25. The van der Waals surface area contributed by atoms with Crippen molar-refractivity contribution in [1.82, 2.24) is 0 Å². The van der Waals surface area contributed by atoms with E-state index in [0.717, 1.165) is 12.8 Å². The van der Waals surface area contributed by atoms with Gasteiger partial charge in [-0.15, -0.1) is 0 Å². The molecule has 0 aliphatic carbocycles. The molecule has 0 saturated carbocycles. The standard InChI is InChI=1S/C23H50N2O3/c1-7-8-9-10-11-12-13-14-15-16-17-18-19-22(2)28-23(25(5,6)27)20-21-24(3,4)26/h22-23H,7-21H2,1-6H3. The normalized spacial score (nSPS) is 15.0. The van der Waals surface area contributed by atoms with Crippen LogP contribution in [0.4, 0.5) is 0 Å². The average molecular weight is 403 g/mol. The van der Waals surface area contributed by atoms with Gasteiger partial charge in [-0.1, -0.05) is 84.0 Å². The number of ether oxygens (including phenoxy) is 1. The fraction of sp³-hybridized carbons (Fsp3) is 1.00. The molecule has 0 fully saturated rings. The van der Waals surface area contributed by atoms with Gasteiger partial charge >= 0.3 is 0 Å². The summed E-state index contributed by atoms with van der Waals surface area (Å²) in [7, 11) is 6.42. The Morgan fingerprint density at radius 2 is 1.11 bits per heavy atom. The molecule has 5 nitrogen and oxygen atoms in total. The molecule has 0 spiro atoms. The Labute approximate surface area is 175 Å². The molecule has 170 valence electrons. The van der Waals surface area contributed by atoms with E-state index >= 15 is 0 Å². The second-order valence-corrected chi connectivity index (χ2v) is 9.60. The summed E-state index contributed by atoms with van der Waals surface area (Å²) in [6, 6.07) is 0. The van der Waals surface area contributed by atoms with Gasteiger partial charge in [0, 0.05) is 0 Å². The number of quaternary nitrogens is 2. The van der Waals surface area contributed by atoms with Crippen molar-refractivity contribution in [3.8, 4) is 0 Å². The molecule has 2 unspecified atom stereocenters. The second-order valence-electron chi connectivity index (χ2n) is 9.60. The van der Waals surface area contributed by atoms with Crippen LogP contribution in [0.25, 0.3) is 0 Å². The van der Waals surface area contributed by atoms with Crippen molar-refractivity contribution in [2.45, 2.75) is 116 Å². The summed E-state index contributed by atoms with van der Waals surface area (Å²) >= 11 is 0. The molecule has 0 radical (unpaired) electrons. The number of hydroxylamine groups is 6. The average Bonchev–Trinajstić information content (AvgIpc) is 2.57. The predicted octanol–water partition coefficient (Wildman–Crippen LogP) is 6.35. The molecular weight excluding hydrogens is 352 g/mol. The summed E-state index contributed by atoms with van der Waals surface area (Å²) in [6.07, 6.45) is 17.3. The summed E-state index contributed by atoms with van der Waals surface area (Å²) in [5.74, 6) is 0. The van der Waals surface area contributed by atoms with E-state index < -0.39 is 10.9 Å². The maximum atomic E-state index is 12.3. The predicted molar refractivity (Wildman–Crippen MR) is 120 cm³/mol. The Balaban J connectivity index is 3.74. The van der Waals surface area contributed by atoms with Crippen molar-refractivity contribution in [3.05, 3.63) is 10.4 Å². The van der Waals surface area contributed by atoms with Gasteiger partial charge in [-0.25, -0.2) is 0 Å². The highest BCUT2D eigenvalue weighted by atomic mass is 16.6. The zero-order valence-corrected chi connectivity index (χ0v) is 19.9. The number of rotatable bonds is 19. The second kappa shape index (κ2) is 15.6. The maximum Gasteiger partial charge on any atom is 0.198 e. The van der Waals surface area contributed by atoms with E-state index in [-0.39, 0.29) is 10.8 Å². The molecule has 0 aromatic carbocycles. The van der Waals surface area contributed by atoms with Crippen molar-refractivity contribution >= 4 is 0 Å². The number of hydrogen-bond acceptors (Lipinski definition) is 3. The van der Waals surface area contributed by atoms with Crippen molar-refractivity contribution in [2.75, 3.05) is 34.7 Å². The van der Waals surface area contributed by atoms with Crippen LogP contribution >= 0.6 is 0 Å². The van der Waals surface area contributed by atoms with Gasteiger partial charge in [-0.3, -0.25) is 0 Å². The first kappa shape index (κ1) is 27.8. The molecule has 0 rings (SSSR count). The molecule has 0 N–H and O–H groups in total. The van der Waals surface area contributed by atoms with Crippen LogP contribution in [0.1, 0.15) is 104 Å². The maximum absolute atomic E-state index is 12.3. The molecule has 0 aliphatic heterocycles. The number of unbranched alkanes of at least 4 members (excludes halogenated alkanes) is 11. The largest absolute Gasteiger partial charge is 0.633 e. The summed E-state index contributed by atoms with van der Waals surface area (Å²) in [5, 5.41) is 24.1. The molecule has 0 amide bonds. The quantitative estimate of drug-likeness (QED) is 0.109. The molecule has 0 aromatic heterocycles. The van der Waals surface area contributed by atoms with E-state index in [1.54, 1.807) is 28.2 Å². The third-order valence-electron chi connectivity index (χ3n) is 5.46. The summed E-state index contributed by atoms with van der Waals surface area (Å²) < 4.78 is 5.14. The Bertz CT molecular complexity index is 351. The van der Waals surface area contributed by atoms with Gasteiger partial charge in [0.2, 0.25) is 0 Å². The van der Waals surface area contributed by atoms with Crippen LogP contribution in [0.2, 0.25) is 0 Å². The van der Waals surface area contributed by atoms with Crippen molar-refractivity contribution in [3.63, 3.8) is 0 Å². The van der Waals surface area contributed by atoms with E-state index in [4.69, 9.17) is 4.74 Å². The van der Waals surface area contributed by atoms with Crippen LogP contribution < -0.4 is 0 Å². The van der Waals surface area contributed by atoms with Gasteiger partial charge in [0.05, 0.1) is 47.3 Å². The summed E-state index contributed by atoms with van der Waals surface area (Å²) in [5.41, 5.74) is 0. The smallest absolute Gasteiger partial charge is 0.198 e. The van der Waals surface area contributed by atoms with E-state index in [0.29, 0.717) is 13.0 Å². The lowest BCUT2D eigenvalue weighted by Gasteiger charge is -2.44. The first-order valence-electron chi connectivity index (χ1n) is 11.8. The van der Waals surface area contributed by atoms with Gasteiger partial charge in [-0.05, 0) is 13.3 Å². The van der Waals surface area contributed by atoms with Crippen LogP contribution in [0.3, 0.4) is 0 Å². The molecule has 0 heterocycles. The molecule has 0 aromatic rings. The lowest BCUT2D eigenvalue weighted by Crippen LogP contribution is -2.49. The third kappa shape index (κ3) is 17.9. The Morgan fingerprint density at radius 3 is 1.50 bits per heavy atom. The fourth-order valence-corrected chi connectivity index (χ4v) is 3.56. The van der Waals surface area contributed by atoms with E-state index in [9.17, 15) is 10.4 Å². The van der Waals surface area contributed by atoms with Crippen LogP contribution in [0.15, 0.2) is 0 Å². The Morgan fingerprint density at radius 1 is 0.679 bits per heavy atom. The molecular formula is C23H50N2O3. The minimum Gasteiger partial charge on any atom is -0.633 e. The fourth-order valence-electron chi connectivity index (χ4n) is 3.56. The molecule has 0 saturated heterocycles. The first-order valence-corrected chi connectivity index (χ1v) is 11.8. The Kier molecular flexibility index (Phi) is 15.5. The van der Waals surface area contributed by atoms with Crippen LogP contribution in [-0.4, -0.2) is 56.4 Å². The SMILES string of the molecule is CCCCCCCCCCCCCCC(C)OC(CC[N+](C)(C)[O-])[N+](C)(C)[O-]. The molecule has 28 heavy (non-hydrogen) atoms. The minimum atomic E-state index is -0.497. The molecule has 0 bridgehead atoms. The third-order valence-corrected chi connectivity index (χ3v) is 5.46. The zero-order chi connectivity index (χ0) is 21.5. The van der Waals surface area contributed by atoms with Gasteiger partial charge in [0.15, 0.2) is 6.23 Å². The van der Waals surface area contributed by atoms with Crippen LogP contribution in [0, 0.1) is 10.4 Å². The van der Waals surface area contributed by atoms with Gasteiger partial charge in [0.1, 0.15) is 0 Å². The van der Waals surface area contributed by atoms with Crippen molar-refractivity contribution in [1.29, 1.82) is 0 Å². The van der Waals surface area contributed by atoms with E-state index in [1.807, 2.05) is 0 Å². The zero-order valence-electron chi connectivity index (χ0n) is 19.9. The van der Waals surface area contributed by atoms with Crippen LogP contribution in [0.5, 0.6) is 0 Å². The van der Waals surface area contributed by atoms with Crippen molar-refractivity contribution < 1.29 is 14.0 Å². The number of nitrogens with zero attached hydrogens (tertiary/aromatic N) is 2. The van der Waals surface area contributed by atoms with Gasteiger partial charge in [0.25, 0.3) is 0 Å². The molecule has 5 heteroatoms.